The molecule has 0 unspecified atom stereocenters. The summed E-state index contributed by atoms with van der Waals surface area (Å²) in [5.41, 5.74) is 0.506. The minimum atomic E-state index is -0.0882. The van der Waals surface area contributed by atoms with Gasteiger partial charge in [-0.1, -0.05) is 12.2 Å². The summed E-state index contributed by atoms with van der Waals surface area (Å²) in [6.45, 7) is 0. The molecule has 0 amide bonds. The molecule has 0 radical (unpaired) electrons. The summed E-state index contributed by atoms with van der Waals surface area (Å²) < 4.78 is 5.03. The van der Waals surface area contributed by atoms with Crippen molar-refractivity contribution in [2.75, 3.05) is 0 Å². The molecule has 102 valence electrons. The van der Waals surface area contributed by atoms with Gasteiger partial charge in [-0.15, -0.1) is 0 Å². The fourth-order valence-corrected chi connectivity index (χ4v) is 8.17. The number of aromatic nitrogens is 3. The predicted molar refractivity (Wildman–Crippen MR) is 69.2 cm³/mol. The lowest BCUT2D eigenvalue weighted by Crippen LogP contribution is -3.00. The van der Waals surface area contributed by atoms with E-state index in [9.17, 15) is 9.59 Å². The molecule has 8 atom stereocenters. The van der Waals surface area contributed by atoms with Crippen molar-refractivity contribution >= 4 is 0 Å². The Morgan fingerprint density at radius 3 is 1.85 bits per heavy atom. The van der Waals surface area contributed by atoms with Gasteiger partial charge in [0.05, 0.1) is 12.1 Å². The fourth-order valence-electron chi connectivity index (χ4n) is 8.17. The second-order valence-electron chi connectivity index (χ2n) is 7.87. The van der Waals surface area contributed by atoms with E-state index in [4.69, 9.17) is 0 Å². The van der Waals surface area contributed by atoms with Crippen LogP contribution in [0, 0.1) is 34.5 Å². The summed E-state index contributed by atoms with van der Waals surface area (Å²) in [6, 6.07) is 0.637. The lowest BCUT2D eigenvalue weighted by atomic mass is 9.04. The second kappa shape index (κ2) is 2.11. The van der Waals surface area contributed by atoms with Gasteiger partial charge in [0, 0.05) is 17.9 Å². The molecule has 4 fully saturated rings. The van der Waals surface area contributed by atoms with Crippen LogP contribution < -0.4 is 11.4 Å². The molecule has 2 bridgehead atoms. The lowest BCUT2D eigenvalue weighted by molar-refractivity contribution is -0.551. The smallest absolute Gasteiger partial charge is 0.246 e. The number of rotatable bonds is 0. The summed E-state index contributed by atoms with van der Waals surface area (Å²) in [4.78, 5) is 25.0. The van der Waals surface area contributed by atoms with Crippen LogP contribution in [0.4, 0.5) is 0 Å². The Bertz CT molecular complexity index is 818. The molecule has 1 aromatic rings. The Kier molecular flexibility index (Phi) is 0.992. The Labute approximate surface area is 114 Å². The number of hydrogen-bond donors (Lipinski definition) is 0. The lowest BCUT2D eigenvalue weighted by Gasteiger charge is -3.01. The Balaban J connectivity index is 1.67. The van der Waals surface area contributed by atoms with Gasteiger partial charge in [0.25, 0.3) is 0 Å². The highest BCUT2D eigenvalue weighted by Gasteiger charge is 3.02. The van der Waals surface area contributed by atoms with Gasteiger partial charge in [-0.05, 0) is 36.5 Å². The van der Waals surface area contributed by atoms with Crippen molar-refractivity contribution in [2.24, 2.45) is 41.5 Å². The number of allylic oxidation sites excluding steroid dienone is 2. The second-order valence-corrected chi connectivity index (χ2v) is 7.87. The van der Waals surface area contributed by atoms with Crippen LogP contribution in [0.2, 0.25) is 0 Å². The molecule has 5 aliphatic carbocycles. The maximum absolute atomic E-state index is 12.5. The van der Waals surface area contributed by atoms with Gasteiger partial charge in [0.1, 0.15) is 0 Å². The summed E-state index contributed by atoms with van der Waals surface area (Å²) in [7, 11) is 1.63. The minimum absolute atomic E-state index is 0.0882. The average molecular weight is 269 g/mol. The first-order chi connectivity index (χ1) is 9.68. The highest BCUT2D eigenvalue weighted by Crippen LogP contribution is 3.03. The molecular formula is C15H15N3O2. The molecule has 4 saturated carbocycles. The fraction of sp³-hybridized carbons (Fsp3) is 0.733. The summed E-state index contributed by atoms with van der Waals surface area (Å²) in [5.74, 6) is 3.15. The monoisotopic (exact) mass is 269 g/mol. The van der Waals surface area contributed by atoms with E-state index in [1.165, 1.54) is 4.57 Å². The van der Waals surface area contributed by atoms with Crippen molar-refractivity contribution in [1.82, 2.24) is 13.9 Å². The summed E-state index contributed by atoms with van der Waals surface area (Å²) in [6.07, 6.45) is 6.92. The molecule has 0 saturated heterocycles. The Hall–Kier alpha value is -1.52. The zero-order chi connectivity index (χ0) is 13.2. The quantitative estimate of drug-likeness (QED) is 0.635. The van der Waals surface area contributed by atoms with Gasteiger partial charge in [-0.2, -0.15) is 0 Å². The van der Waals surface area contributed by atoms with Crippen LogP contribution in [0.15, 0.2) is 21.7 Å². The third-order valence-electron chi connectivity index (χ3n) is 8.30. The largest absolute Gasteiger partial charge is 0.347 e. The maximum atomic E-state index is 12.5. The molecule has 0 N–H and O–H groups in total. The van der Waals surface area contributed by atoms with Gasteiger partial charge in [0.15, 0.2) is 0 Å². The van der Waals surface area contributed by atoms with Gasteiger partial charge in [0.2, 0.25) is 0 Å². The molecule has 0 aromatic carbocycles. The van der Waals surface area contributed by atoms with E-state index in [0.717, 1.165) is 24.7 Å². The summed E-state index contributed by atoms with van der Waals surface area (Å²) in [5, 5.41) is 0. The van der Waals surface area contributed by atoms with Crippen LogP contribution in [-0.4, -0.2) is 13.9 Å². The molecule has 5 nitrogen and oxygen atoms in total. The number of nitrogens with zero attached hydrogens (tertiary/aromatic N) is 3. The van der Waals surface area contributed by atoms with E-state index in [1.54, 1.807) is 7.05 Å². The first kappa shape index (κ1) is 9.42. The number of hydrogen-bond acceptors (Lipinski definition) is 2. The minimum Gasteiger partial charge on any atom is -0.246 e. The maximum Gasteiger partial charge on any atom is 0.347 e. The topological polar surface area (TPSA) is 48.9 Å². The van der Waals surface area contributed by atoms with E-state index >= 15 is 0 Å². The van der Waals surface area contributed by atoms with E-state index < -0.39 is 0 Å². The normalized spacial score (nSPS) is 60.5. The van der Waals surface area contributed by atoms with Gasteiger partial charge in [-0.3, -0.25) is 0 Å². The first-order valence-corrected chi connectivity index (χ1v) is 7.73. The zero-order valence-corrected chi connectivity index (χ0v) is 11.2. The Morgan fingerprint density at radius 2 is 1.40 bits per heavy atom. The highest BCUT2D eigenvalue weighted by atomic mass is 16.2. The van der Waals surface area contributed by atoms with Crippen LogP contribution in [0.1, 0.15) is 24.9 Å². The molecule has 1 aromatic heterocycles. The molecule has 20 heavy (non-hydrogen) atoms. The standard InChI is InChI=1S/C15H15N3O2/c1-16-12(19)17-10-6-7-9-8(6)14(10)4-2-3-5-15(9,14)11(7)18(17)13(16)20/h2-3,6-11H,4-5H2,1H3/t6-,7-,8-,9-,10+,11+,14-,15-/m1/s1. The van der Waals surface area contributed by atoms with Crippen molar-refractivity contribution in [3.63, 3.8) is 0 Å². The third-order valence-corrected chi connectivity index (χ3v) is 8.30. The van der Waals surface area contributed by atoms with Gasteiger partial charge >= 0.3 is 11.4 Å². The van der Waals surface area contributed by atoms with Gasteiger partial charge < -0.3 is 0 Å². The van der Waals surface area contributed by atoms with E-state index in [2.05, 4.69) is 12.2 Å². The van der Waals surface area contributed by atoms with Crippen molar-refractivity contribution in [2.45, 2.75) is 24.9 Å². The molecule has 8 rings (SSSR count). The molecule has 3 heterocycles. The summed E-state index contributed by atoms with van der Waals surface area (Å²) >= 11 is 0. The van der Waals surface area contributed by atoms with E-state index in [1.807, 2.05) is 9.36 Å². The van der Waals surface area contributed by atoms with E-state index in [0.29, 0.717) is 34.7 Å². The highest BCUT2D eigenvalue weighted by molar-refractivity contribution is 5.50. The average Bonchev–Trinajstić information content (AvgIpc) is 2.64. The van der Waals surface area contributed by atoms with Crippen LogP contribution >= 0.6 is 0 Å². The molecule has 2 spiro atoms. The van der Waals surface area contributed by atoms with Crippen molar-refractivity contribution < 1.29 is 0 Å². The third kappa shape index (κ3) is 0.462. The molecule has 7 aliphatic rings. The SMILES string of the molecule is Cn1c(=O)n2n(c1=O)[C@H]1[C@@H]3[C@@H]4[C@@H]5[C@@H]3[C@]13CC=CC[C@]53[C@H]42. The van der Waals surface area contributed by atoms with Gasteiger partial charge in [-0.25, -0.2) is 23.5 Å². The van der Waals surface area contributed by atoms with Crippen LogP contribution in [0.25, 0.3) is 0 Å². The van der Waals surface area contributed by atoms with Crippen LogP contribution in [0.5, 0.6) is 0 Å². The predicted octanol–water partition coefficient (Wildman–Crippen LogP) is 0.286. The van der Waals surface area contributed by atoms with Crippen molar-refractivity contribution in [1.29, 1.82) is 0 Å². The van der Waals surface area contributed by atoms with Crippen molar-refractivity contribution in [3.05, 3.63) is 33.1 Å². The van der Waals surface area contributed by atoms with Crippen LogP contribution in [-0.2, 0) is 7.05 Å². The molecule has 5 heteroatoms. The van der Waals surface area contributed by atoms with E-state index in [-0.39, 0.29) is 11.4 Å². The molecule has 2 aliphatic heterocycles. The first-order valence-electron chi connectivity index (χ1n) is 7.73. The molecular weight excluding hydrogens is 254 g/mol. The van der Waals surface area contributed by atoms with Crippen molar-refractivity contribution in [3.8, 4) is 0 Å². The van der Waals surface area contributed by atoms with Crippen LogP contribution in [0.3, 0.4) is 0 Å². The zero-order valence-electron chi connectivity index (χ0n) is 11.2. The Morgan fingerprint density at radius 1 is 0.950 bits per heavy atom.